The van der Waals surface area contributed by atoms with Gasteiger partial charge in [0, 0.05) is 5.31 Å². The first-order chi connectivity index (χ1) is 5.54. The third-order valence-electron chi connectivity index (χ3n) is 2.04. The molecule has 0 bridgehead atoms. The molecule has 12 heavy (non-hydrogen) atoms. The Bertz CT molecular complexity index is 189. The minimum atomic E-state index is -2.47. The van der Waals surface area contributed by atoms with E-state index in [1.807, 2.05) is 27.7 Å². The molecule has 0 aromatic heterocycles. The highest BCUT2D eigenvalue weighted by atomic mass is 31.1. The van der Waals surface area contributed by atoms with Crippen LogP contribution in [0.4, 0.5) is 0 Å². The summed E-state index contributed by atoms with van der Waals surface area (Å²) in [5.74, 6) is 0.205. The Labute approximate surface area is 75.6 Å². The van der Waals surface area contributed by atoms with Crippen molar-refractivity contribution in [1.82, 2.24) is 0 Å². The molecule has 0 rings (SSSR count). The van der Waals surface area contributed by atoms with Gasteiger partial charge in [-0.25, -0.2) is 0 Å². The highest BCUT2D eigenvalue weighted by molar-refractivity contribution is 7.43. The van der Waals surface area contributed by atoms with Crippen LogP contribution in [0.5, 0.6) is 0 Å². The smallest absolute Gasteiger partial charge is 0.214 e. The SMILES string of the molecule is CCC(CC)=C(C(C)C)[PH](=O)O. The Kier molecular flexibility index (Phi) is 5.52. The fraction of sp³-hybridized carbons (Fsp3) is 0.778. The van der Waals surface area contributed by atoms with Gasteiger partial charge >= 0.3 is 0 Å². The van der Waals surface area contributed by atoms with E-state index >= 15 is 0 Å². The first-order valence-electron chi connectivity index (χ1n) is 4.49. The first kappa shape index (κ1) is 11.9. The molecule has 0 aromatic rings. The third kappa shape index (κ3) is 3.12. The highest BCUT2D eigenvalue weighted by Crippen LogP contribution is 2.37. The zero-order valence-electron chi connectivity index (χ0n) is 8.35. The van der Waals surface area contributed by atoms with Crippen molar-refractivity contribution >= 4 is 8.03 Å². The van der Waals surface area contributed by atoms with Crippen molar-refractivity contribution in [3.05, 3.63) is 10.9 Å². The van der Waals surface area contributed by atoms with Gasteiger partial charge in [-0.3, -0.25) is 4.57 Å². The minimum Gasteiger partial charge on any atom is -0.343 e. The maximum Gasteiger partial charge on any atom is 0.214 e. The highest BCUT2D eigenvalue weighted by Gasteiger charge is 2.12. The fourth-order valence-corrected chi connectivity index (χ4v) is 2.59. The second-order valence-corrected chi connectivity index (χ2v) is 4.33. The van der Waals surface area contributed by atoms with E-state index in [-0.39, 0.29) is 5.92 Å². The minimum absolute atomic E-state index is 0.205. The van der Waals surface area contributed by atoms with Crippen molar-refractivity contribution in [2.75, 3.05) is 0 Å². The van der Waals surface area contributed by atoms with Crippen molar-refractivity contribution in [3.63, 3.8) is 0 Å². The van der Waals surface area contributed by atoms with Gasteiger partial charge in [0.05, 0.1) is 0 Å². The summed E-state index contributed by atoms with van der Waals surface area (Å²) >= 11 is 0. The summed E-state index contributed by atoms with van der Waals surface area (Å²) in [6.07, 6.45) is 1.78. The third-order valence-corrected chi connectivity index (χ3v) is 3.43. The van der Waals surface area contributed by atoms with Gasteiger partial charge in [-0.1, -0.05) is 33.3 Å². The molecule has 3 heteroatoms. The lowest BCUT2D eigenvalue weighted by Crippen LogP contribution is -1.95. The van der Waals surface area contributed by atoms with Crippen molar-refractivity contribution < 1.29 is 9.46 Å². The van der Waals surface area contributed by atoms with Crippen LogP contribution in [0.3, 0.4) is 0 Å². The van der Waals surface area contributed by atoms with Crippen molar-refractivity contribution in [2.24, 2.45) is 5.92 Å². The summed E-state index contributed by atoms with van der Waals surface area (Å²) < 4.78 is 11.0. The van der Waals surface area contributed by atoms with E-state index in [4.69, 9.17) is 4.89 Å². The zero-order chi connectivity index (χ0) is 9.72. The molecule has 1 unspecified atom stereocenters. The molecule has 1 atom stereocenters. The Morgan fingerprint density at radius 1 is 1.33 bits per heavy atom. The summed E-state index contributed by atoms with van der Waals surface area (Å²) in [6.45, 7) is 8.01. The van der Waals surface area contributed by atoms with Crippen LogP contribution in [0.15, 0.2) is 10.9 Å². The molecular weight excluding hydrogens is 171 g/mol. The quantitative estimate of drug-likeness (QED) is 0.691. The van der Waals surface area contributed by atoms with E-state index < -0.39 is 8.03 Å². The van der Waals surface area contributed by atoms with Crippen LogP contribution in [0.1, 0.15) is 40.5 Å². The molecule has 0 spiro atoms. The molecule has 0 radical (unpaired) electrons. The summed E-state index contributed by atoms with van der Waals surface area (Å²) in [5, 5.41) is 0.782. The molecule has 0 aliphatic carbocycles. The average Bonchev–Trinajstić information content (AvgIpc) is 1.98. The molecule has 0 aliphatic heterocycles. The van der Waals surface area contributed by atoms with Gasteiger partial charge in [-0.05, 0) is 18.8 Å². The van der Waals surface area contributed by atoms with E-state index in [1.165, 1.54) is 0 Å². The normalized spacial score (nSPS) is 13.2. The van der Waals surface area contributed by atoms with Gasteiger partial charge in [-0.2, -0.15) is 0 Å². The molecule has 72 valence electrons. The fourth-order valence-electron chi connectivity index (χ4n) is 1.44. The van der Waals surface area contributed by atoms with Crippen molar-refractivity contribution in [2.45, 2.75) is 40.5 Å². The second kappa shape index (κ2) is 5.55. The van der Waals surface area contributed by atoms with Crippen LogP contribution in [0.25, 0.3) is 0 Å². The van der Waals surface area contributed by atoms with E-state index in [1.54, 1.807) is 0 Å². The molecule has 0 amide bonds. The van der Waals surface area contributed by atoms with Gasteiger partial charge in [0.15, 0.2) is 0 Å². The Morgan fingerprint density at radius 2 is 1.75 bits per heavy atom. The Balaban J connectivity index is 4.89. The second-order valence-electron chi connectivity index (χ2n) is 3.18. The zero-order valence-corrected chi connectivity index (χ0v) is 9.35. The summed E-state index contributed by atoms with van der Waals surface area (Å²) in [5.41, 5.74) is 1.15. The van der Waals surface area contributed by atoms with Crippen LogP contribution in [0, 0.1) is 5.92 Å². The summed E-state index contributed by atoms with van der Waals surface area (Å²) in [6, 6.07) is 0. The monoisotopic (exact) mass is 190 g/mol. The molecule has 0 aliphatic rings. The topological polar surface area (TPSA) is 37.3 Å². The van der Waals surface area contributed by atoms with Crippen molar-refractivity contribution in [1.29, 1.82) is 0 Å². The predicted molar refractivity (Wildman–Crippen MR) is 53.7 cm³/mol. The van der Waals surface area contributed by atoms with E-state index in [9.17, 15) is 4.57 Å². The lowest BCUT2D eigenvalue weighted by Gasteiger charge is -2.13. The van der Waals surface area contributed by atoms with Gasteiger partial charge in [0.1, 0.15) is 0 Å². The van der Waals surface area contributed by atoms with Crippen LogP contribution in [-0.4, -0.2) is 4.89 Å². The van der Waals surface area contributed by atoms with Gasteiger partial charge in [0.25, 0.3) is 0 Å². The Hall–Kier alpha value is -0.0700. The van der Waals surface area contributed by atoms with Crippen LogP contribution in [-0.2, 0) is 4.57 Å². The maximum atomic E-state index is 11.0. The lowest BCUT2D eigenvalue weighted by atomic mass is 10.0. The van der Waals surface area contributed by atoms with E-state index in [0.717, 1.165) is 23.7 Å². The summed E-state index contributed by atoms with van der Waals surface area (Å²) in [4.78, 5) is 9.10. The van der Waals surface area contributed by atoms with Gasteiger partial charge in [0.2, 0.25) is 8.03 Å². The molecule has 2 nitrogen and oxygen atoms in total. The summed E-state index contributed by atoms with van der Waals surface area (Å²) in [7, 11) is -2.47. The number of hydrogen-bond acceptors (Lipinski definition) is 1. The number of allylic oxidation sites excluding steroid dienone is 2. The number of hydrogen-bond donors (Lipinski definition) is 1. The average molecular weight is 190 g/mol. The molecule has 0 heterocycles. The lowest BCUT2D eigenvalue weighted by molar-refractivity contribution is 0.503. The standard InChI is InChI=1S/C9H19O2P/c1-5-8(6-2)9(7(3)4)12(10)11/h7,12H,5-6H2,1-4H3,(H,10,11). The molecule has 0 fully saturated rings. The van der Waals surface area contributed by atoms with E-state index in [0.29, 0.717) is 0 Å². The molecule has 0 saturated heterocycles. The van der Waals surface area contributed by atoms with Crippen molar-refractivity contribution in [3.8, 4) is 0 Å². The molecule has 0 aromatic carbocycles. The predicted octanol–water partition coefficient (Wildman–Crippen LogP) is 3.18. The van der Waals surface area contributed by atoms with Crippen LogP contribution < -0.4 is 0 Å². The first-order valence-corrected chi connectivity index (χ1v) is 5.85. The van der Waals surface area contributed by atoms with Gasteiger partial charge in [-0.15, -0.1) is 0 Å². The van der Waals surface area contributed by atoms with Crippen LogP contribution >= 0.6 is 8.03 Å². The number of rotatable bonds is 4. The van der Waals surface area contributed by atoms with Gasteiger partial charge < -0.3 is 4.89 Å². The molecule has 1 N–H and O–H groups in total. The largest absolute Gasteiger partial charge is 0.343 e. The molecular formula is C9H19O2P. The van der Waals surface area contributed by atoms with E-state index in [2.05, 4.69) is 0 Å². The maximum absolute atomic E-state index is 11.0. The Morgan fingerprint density at radius 3 is 1.83 bits per heavy atom. The molecule has 0 saturated carbocycles. The van der Waals surface area contributed by atoms with Crippen LogP contribution in [0.2, 0.25) is 0 Å².